The monoisotopic (exact) mass is 579 g/mol. The number of carbonyl (C=O) groups excluding carboxylic acids is 2. The standard InChI is InChI=1S/C35H33NO7/c1-19-27-25(42-31-28(19)29-23(30(39)33(31)40-5)17-22-13-9-10-14-24(22)36-29)18-35(3,4)34(32(27)41-20(2)37)43-26(38)16-15-21-11-7-6-8-12-21/h6-17,19,32,34,39H,18H2,1-5H3. The van der Waals surface area contributed by atoms with Gasteiger partial charge in [0.05, 0.1) is 18.1 Å². The van der Waals surface area contributed by atoms with Crippen LogP contribution in [0, 0.1) is 5.41 Å². The van der Waals surface area contributed by atoms with Crippen molar-refractivity contribution in [3.63, 3.8) is 0 Å². The van der Waals surface area contributed by atoms with Gasteiger partial charge in [-0.3, -0.25) is 4.79 Å². The smallest absolute Gasteiger partial charge is 0.331 e. The molecule has 6 rings (SSSR count). The second kappa shape index (κ2) is 10.8. The third-order valence-electron chi connectivity index (χ3n) is 8.27. The average molecular weight is 580 g/mol. The molecular weight excluding hydrogens is 546 g/mol. The molecule has 0 saturated heterocycles. The number of aromatic nitrogens is 1. The highest BCUT2D eigenvalue weighted by molar-refractivity contribution is 6.01. The Kier molecular flexibility index (Phi) is 7.08. The van der Waals surface area contributed by atoms with Crippen molar-refractivity contribution in [1.82, 2.24) is 4.98 Å². The summed E-state index contributed by atoms with van der Waals surface area (Å²) in [6.45, 7) is 7.20. The molecule has 0 radical (unpaired) electrons. The van der Waals surface area contributed by atoms with E-state index in [0.29, 0.717) is 40.0 Å². The van der Waals surface area contributed by atoms with E-state index < -0.39 is 29.6 Å². The summed E-state index contributed by atoms with van der Waals surface area (Å²) in [4.78, 5) is 30.5. The highest BCUT2D eigenvalue weighted by Crippen LogP contribution is 2.57. The van der Waals surface area contributed by atoms with Crippen LogP contribution in [0.5, 0.6) is 17.2 Å². The summed E-state index contributed by atoms with van der Waals surface area (Å²) in [7, 11) is 1.48. The Morgan fingerprint density at radius 2 is 1.79 bits per heavy atom. The van der Waals surface area contributed by atoms with Crippen LogP contribution in [-0.2, 0) is 19.1 Å². The Balaban J connectivity index is 1.47. The maximum atomic E-state index is 13.1. The number of hydrogen-bond acceptors (Lipinski definition) is 8. The van der Waals surface area contributed by atoms with E-state index in [4.69, 9.17) is 23.9 Å². The molecule has 43 heavy (non-hydrogen) atoms. The fourth-order valence-electron chi connectivity index (χ4n) is 6.28. The van der Waals surface area contributed by atoms with Crippen molar-refractivity contribution in [2.45, 2.75) is 52.2 Å². The predicted octanol–water partition coefficient (Wildman–Crippen LogP) is 6.84. The third-order valence-corrected chi connectivity index (χ3v) is 8.27. The van der Waals surface area contributed by atoms with Crippen LogP contribution in [-0.4, -0.2) is 41.3 Å². The number of phenolic OH excluding ortho intramolecular Hbond substituents is 1. The first-order valence-electron chi connectivity index (χ1n) is 14.2. The lowest BCUT2D eigenvalue weighted by Crippen LogP contribution is -2.51. The maximum absolute atomic E-state index is 13.1. The Bertz CT molecular complexity index is 1820. The van der Waals surface area contributed by atoms with Crippen LogP contribution in [0.15, 0.2) is 78.1 Å². The first-order valence-corrected chi connectivity index (χ1v) is 14.2. The summed E-state index contributed by atoms with van der Waals surface area (Å²) in [5, 5.41) is 12.7. The predicted molar refractivity (Wildman–Crippen MR) is 163 cm³/mol. The number of nitrogens with zero attached hydrogens (tertiary/aromatic N) is 1. The van der Waals surface area contributed by atoms with Crippen LogP contribution in [0.1, 0.15) is 51.2 Å². The molecule has 1 N–H and O–H groups in total. The minimum absolute atomic E-state index is 0.0608. The van der Waals surface area contributed by atoms with Crippen LogP contribution < -0.4 is 9.47 Å². The Hall–Kier alpha value is -4.85. The number of para-hydroxylation sites is 1. The Labute approximate surface area is 249 Å². The molecule has 1 aromatic heterocycles. The normalized spacial score (nSPS) is 20.8. The molecule has 1 aliphatic carbocycles. The molecule has 0 bridgehead atoms. The zero-order valence-electron chi connectivity index (χ0n) is 24.7. The van der Waals surface area contributed by atoms with Crippen LogP contribution in [0.2, 0.25) is 0 Å². The van der Waals surface area contributed by atoms with E-state index in [-0.39, 0.29) is 17.4 Å². The van der Waals surface area contributed by atoms with Gasteiger partial charge in [-0.15, -0.1) is 0 Å². The fourth-order valence-corrected chi connectivity index (χ4v) is 6.28. The fraction of sp³-hybridized carbons (Fsp3) is 0.286. The summed E-state index contributed by atoms with van der Waals surface area (Å²) < 4.78 is 24.2. The van der Waals surface area contributed by atoms with Crippen LogP contribution >= 0.6 is 0 Å². The highest BCUT2D eigenvalue weighted by atomic mass is 16.6. The summed E-state index contributed by atoms with van der Waals surface area (Å²) in [6.07, 6.45) is 1.75. The molecule has 0 spiro atoms. The molecule has 8 nitrogen and oxygen atoms in total. The molecule has 220 valence electrons. The first-order chi connectivity index (χ1) is 20.6. The number of benzene rings is 3. The van der Waals surface area contributed by atoms with Crippen molar-refractivity contribution >= 4 is 39.8 Å². The summed E-state index contributed by atoms with van der Waals surface area (Å²) in [5.74, 6) is -0.329. The van der Waals surface area contributed by atoms with Gasteiger partial charge in [-0.2, -0.15) is 0 Å². The molecule has 3 unspecified atom stereocenters. The number of hydrogen-bond donors (Lipinski definition) is 1. The van der Waals surface area contributed by atoms with Crippen molar-refractivity contribution in [2.75, 3.05) is 7.11 Å². The topological polar surface area (TPSA) is 104 Å². The second-order valence-corrected chi connectivity index (χ2v) is 11.7. The van der Waals surface area contributed by atoms with Gasteiger partial charge in [0, 0.05) is 52.7 Å². The van der Waals surface area contributed by atoms with E-state index in [1.165, 1.54) is 20.1 Å². The number of ether oxygens (including phenoxy) is 4. The molecule has 2 heterocycles. The molecule has 0 saturated carbocycles. The van der Waals surface area contributed by atoms with Crippen LogP contribution in [0.3, 0.4) is 0 Å². The lowest BCUT2D eigenvalue weighted by molar-refractivity contribution is -0.172. The number of rotatable bonds is 5. The van der Waals surface area contributed by atoms with Gasteiger partial charge in [-0.05, 0) is 23.8 Å². The van der Waals surface area contributed by atoms with Crippen molar-refractivity contribution < 1.29 is 33.6 Å². The highest BCUT2D eigenvalue weighted by Gasteiger charge is 2.52. The average Bonchev–Trinajstić information content (AvgIpc) is 2.97. The second-order valence-electron chi connectivity index (χ2n) is 11.7. The van der Waals surface area contributed by atoms with Crippen LogP contribution in [0.25, 0.3) is 27.9 Å². The lowest BCUT2D eigenvalue weighted by Gasteiger charge is -2.46. The van der Waals surface area contributed by atoms with E-state index in [1.807, 2.05) is 81.4 Å². The van der Waals surface area contributed by atoms with Gasteiger partial charge < -0.3 is 24.1 Å². The van der Waals surface area contributed by atoms with Gasteiger partial charge in [-0.1, -0.05) is 69.3 Å². The zero-order valence-corrected chi connectivity index (χ0v) is 24.7. The van der Waals surface area contributed by atoms with E-state index in [1.54, 1.807) is 6.08 Å². The Morgan fingerprint density at radius 1 is 1.07 bits per heavy atom. The number of methoxy groups -OCH3 is 1. The maximum Gasteiger partial charge on any atom is 0.331 e. The van der Waals surface area contributed by atoms with Gasteiger partial charge >= 0.3 is 11.9 Å². The number of fused-ring (bicyclic) bond motifs is 4. The van der Waals surface area contributed by atoms with E-state index in [0.717, 1.165) is 16.5 Å². The van der Waals surface area contributed by atoms with Crippen molar-refractivity contribution in [3.8, 4) is 17.2 Å². The largest absolute Gasteiger partial charge is 0.504 e. The van der Waals surface area contributed by atoms with Crippen LogP contribution in [0.4, 0.5) is 0 Å². The number of carbonyl (C=O) groups is 2. The van der Waals surface area contributed by atoms with Gasteiger partial charge in [0.15, 0.2) is 17.6 Å². The quantitative estimate of drug-likeness (QED) is 0.156. The number of pyridine rings is 1. The summed E-state index contributed by atoms with van der Waals surface area (Å²) >= 11 is 0. The molecule has 3 aromatic carbocycles. The van der Waals surface area contributed by atoms with Gasteiger partial charge in [0.25, 0.3) is 0 Å². The zero-order chi connectivity index (χ0) is 30.5. The molecule has 0 fully saturated rings. The minimum Gasteiger partial charge on any atom is -0.504 e. The Morgan fingerprint density at radius 3 is 2.51 bits per heavy atom. The first kappa shape index (κ1) is 28.3. The van der Waals surface area contributed by atoms with E-state index in [2.05, 4.69) is 0 Å². The lowest BCUT2D eigenvalue weighted by atomic mass is 9.68. The van der Waals surface area contributed by atoms with Gasteiger partial charge in [-0.25, -0.2) is 9.78 Å². The molecule has 2 aliphatic rings. The molecule has 1 aliphatic heterocycles. The summed E-state index contributed by atoms with van der Waals surface area (Å²) in [6, 6.07) is 19.0. The molecule has 8 heteroatoms. The molecule has 4 aromatic rings. The number of allylic oxidation sites excluding steroid dienone is 1. The van der Waals surface area contributed by atoms with Crippen molar-refractivity contribution in [3.05, 3.63) is 89.2 Å². The van der Waals surface area contributed by atoms with E-state index >= 15 is 0 Å². The van der Waals surface area contributed by atoms with E-state index in [9.17, 15) is 14.7 Å². The minimum atomic E-state index is -0.913. The SMILES string of the molecule is COc1c2c(c3nc4ccccc4cc3c1O)C(C)C1=C(CC(C)(C)C(OC(=O)C=Cc3ccccc3)C1OC(C)=O)O2. The molecule has 3 atom stereocenters. The van der Waals surface area contributed by atoms with Crippen molar-refractivity contribution in [2.24, 2.45) is 5.41 Å². The molecule has 0 amide bonds. The molecular formula is C35H33NO7. The number of phenols is 1. The van der Waals surface area contributed by atoms with Gasteiger partial charge in [0.2, 0.25) is 5.75 Å². The number of aromatic hydroxyl groups is 1. The van der Waals surface area contributed by atoms with Crippen molar-refractivity contribution in [1.29, 1.82) is 0 Å². The number of esters is 2. The van der Waals surface area contributed by atoms with Gasteiger partial charge in [0.1, 0.15) is 11.9 Å². The summed E-state index contributed by atoms with van der Waals surface area (Å²) in [5.41, 5.74) is 2.88. The third kappa shape index (κ3) is 4.96.